The first-order valence-corrected chi connectivity index (χ1v) is 8.04. The molecule has 0 amide bonds. The van der Waals surface area contributed by atoms with Gasteiger partial charge < -0.3 is 9.31 Å². The van der Waals surface area contributed by atoms with E-state index in [9.17, 15) is 0 Å². The topological polar surface area (TPSA) is 18.5 Å². The van der Waals surface area contributed by atoms with E-state index < -0.39 is 0 Å². The Hall–Kier alpha value is -0.585. The highest BCUT2D eigenvalue weighted by Crippen LogP contribution is 2.27. The van der Waals surface area contributed by atoms with Crippen LogP contribution >= 0.6 is 22.6 Å². The first-order valence-electron chi connectivity index (χ1n) is 6.97. The third-order valence-electron chi connectivity index (χ3n) is 3.72. The number of halogens is 1. The van der Waals surface area contributed by atoms with Gasteiger partial charge in [-0.15, -0.1) is 0 Å². The summed E-state index contributed by atoms with van der Waals surface area (Å²) < 4.78 is 13.4. The molecule has 3 rings (SSSR count). The third kappa shape index (κ3) is 2.74. The molecular formula is C16H18BIO2. The van der Waals surface area contributed by atoms with Gasteiger partial charge in [-0.1, -0.05) is 30.3 Å². The van der Waals surface area contributed by atoms with Crippen molar-refractivity contribution in [3.05, 3.63) is 40.0 Å². The van der Waals surface area contributed by atoms with Crippen LogP contribution in [0.5, 0.6) is 0 Å². The van der Waals surface area contributed by atoms with Crippen LogP contribution in [0.2, 0.25) is 0 Å². The van der Waals surface area contributed by atoms with Gasteiger partial charge >= 0.3 is 7.12 Å². The summed E-state index contributed by atoms with van der Waals surface area (Å²) in [6.07, 6.45) is 1.13. The van der Waals surface area contributed by atoms with Gasteiger partial charge in [-0.3, -0.25) is 0 Å². The van der Waals surface area contributed by atoms with E-state index in [1.807, 2.05) is 0 Å². The van der Waals surface area contributed by atoms with Crippen molar-refractivity contribution in [2.75, 3.05) is 0 Å². The largest absolute Gasteiger partial charge is 0.495 e. The number of hydrogen-bond donors (Lipinski definition) is 0. The molecule has 4 heteroatoms. The van der Waals surface area contributed by atoms with Gasteiger partial charge in [0.15, 0.2) is 0 Å². The van der Waals surface area contributed by atoms with E-state index >= 15 is 0 Å². The monoisotopic (exact) mass is 380 g/mol. The van der Waals surface area contributed by atoms with Crippen LogP contribution in [0.1, 0.15) is 27.2 Å². The highest BCUT2D eigenvalue weighted by atomic mass is 127. The fraction of sp³-hybridized carbons (Fsp3) is 0.375. The Morgan fingerprint density at radius 3 is 2.60 bits per heavy atom. The molecule has 1 fully saturated rings. The average molecular weight is 380 g/mol. The summed E-state index contributed by atoms with van der Waals surface area (Å²) in [7, 11) is -0.282. The van der Waals surface area contributed by atoms with E-state index in [0.717, 1.165) is 11.9 Å². The molecule has 1 aliphatic heterocycles. The molecule has 2 aromatic rings. The Morgan fingerprint density at radius 1 is 1.15 bits per heavy atom. The Morgan fingerprint density at radius 2 is 1.85 bits per heavy atom. The SMILES string of the molecule is C[C@@H]1CC(C)(C)OB(c2cccc3c(I)cccc23)O1. The third-order valence-corrected chi connectivity index (χ3v) is 4.66. The highest BCUT2D eigenvalue weighted by Gasteiger charge is 2.38. The molecule has 0 aliphatic carbocycles. The minimum absolute atomic E-state index is 0.146. The van der Waals surface area contributed by atoms with Gasteiger partial charge in [0.05, 0.1) is 5.60 Å². The van der Waals surface area contributed by atoms with Crippen molar-refractivity contribution in [2.24, 2.45) is 0 Å². The molecule has 20 heavy (non-hydrogen) atoms. The van der Waals surface area contributed by atoms with Gasteiger partial charge in [-0.2, -0.15) is 0 Å². The van der Waals surface area contributed by atoms with Gasteiger partial charge in [-0.05, 0) is 72.1 Å². The summed E-state index contributed by atoms with van der Waals surface area (Å²) in [4.78, 5) is 0. The Kier molecular flexibility index (Phi) is 3.82. The van der Waals surface area contributed by atoms with Crippen molar-refractivity contribution < 1.29 is 9.31 Å². The minimum Gasteiger partial charge on any atom is -0.405 e. The van der Waals surface area contributed by atoms with Crippen molar-refractivity contribution in [3.63, 3.8) is 0 Å². The van der Waals surface area contributed by atoms with Crippen LogP contribution in [0.3, 0.4) is 0 Å². The fourth-order valence-corrected chi connectivity index (χ4v) is 3.63. The van der Waals surface area contributed by atoms with Crippen molar-refractivity contribution in [2.45, 2.75) is 38.9 Å². The van der Waals surface area contributed by atoms with Crippen LogP contribution in [0, 0.1) is 3.57 Å². The van der Waals surface area contributed by atoms with E-state index in [0.29, 0.717) is 0 Å². The lowest BCUT2D eigenvalue weighted by atomic mass is 9.73. The number of rotatable bonds is 1. The van der Waals surface area contributed by atoms with Crippen LogP contribution in [0.4, 0.5) is 0 Å². The fourth-order valence-electron chi connectivity index (χ4n) is 2.96. The smallest absolute Gasteiger partial charge is 0.405 e. The number of benzene rings is 2. The summed E-state index contributed by atoms with van der Waals surface area (Å²) >= 11 is 2.37. The average Bonchev–Trinajstić information content (AvgIpc) is 2.36. The summed E-state index contributed by atoms with van der Waals surface area (Å²) in [5.41, 5.74) is 0.979. The maximum Gasteiger partial charge on any atom is 0.495 e. The van der Waals surface area contributed by atoms with Gasteiger partial charge in [0, 0.05) is 9.67 Å². The van der Waals surface area contributed by atoms with E-state index in [4.69, 9.17) is 9.31 Å². The van der Waals surface area contributed by atoms with E-state index in [1.165, 1.54) is 14.3 Å². The predicted octanol–water partition coefficient (Wildman–Crippen LogP) is 3.74. The predicted molar refractivity (Wildman–Crippen MR) is 92.4 cm³/mol. The zero-order valence-electron chi connectivity index (χ0n) is 12.0. The molecule has 0 radical (unpaired) electrons. The van der Waals surface area contributed by atoms with Crippen LogP contribution in [-0.4, -0.2) is 18.8 Å². The van der Waals surface area contributed by atoms with E-state index in [1.54, 1.807) is 0 Å². The molecule has 0 bridgehead atoms. The number of fused-ring (bicyclic) bond motifs is 1. The summed E-state index contributed by atoms with van der Waals surface area (Å²) in [5, 5.41) is 2.48. The lowest BCUT2D eigenvalue weighted by molar-refractivity contribution is -0.0228. The molecule has 0 aromatic heterocycles. The van der Waals surface area contributed by atoms with Gasteiger partial charge in [0.1, 0.15) is 0 Å². The minimum atomic E-state index is -0.282. The van der Waals surface area contributed by atoms with Crippen molar-refractivity contribution in [1.29, 1.82) is 0 Å². The first kappa shape index (κ1) is 14.4. The second-order valence-electron chi connectivity index (χ2n) is 6.04. The van der Waals surface area contributed by atoms with Crippen LogP contribution in [0.15, 0.2) is 36.4 Å². The zero-order valence-corrected chi connectivity index (χ0v) is 14.2. The zero-order chi connectivity index (χ0) is 14.3. The van der Waals surface area contributed by atoms with Crippen molar-refractivity contribution in [1.82, 2.24) is 0 Å². The second kappa shape index (κ2) is 5.32. The maximum absolute atomic E-state index is 6.15. The molecule has 0 N–H and O–H groups in total. The molecule has 104 valence electrons. The summed E-state index contributed by atoms with van der Waals surface area (Å²) in [5.74, 6) is 0. The standard InChI is InChI=1S/C16H18BIO2/c1-11-10-16(2,3)20-17(19-11)14-8-4-7-13-12(14)6-5-9-15(13)18/h4-9,11H,10H2,1-3H3/t11-/m1/s1. The van der Waals surface area contributed by atoms with Crippen LogP contribution in [0.25, 0.3) is 10.8 Å². The molecule has 2 aromatic carbocycles. The van der Waals surface area contributed by atoms with Crippen molar-refractivity contribution in [3.8, 4) is 0 Å². The quantitative estimate of drug-likeness (QED) is 0.555. The lowest BCUT2D eigenvalue weighted by Gasteiger charge is -2.38. The van der Waals surface area contributed by atoms with E-state index in [2.05, 4.69) is 79.8 Å². The van der Waals surface area contributed by atoms with Gasteiger partial charge in [0.25, 0.3) is 0 Å². The molecule has 0 spiro atoms. The van der Waals surface area contributed by atoms with Crippen molar-refractivity contribution >= 4 is 45.9 Å². The molecule has 0 saturated carbocycles. The molecule has 2 nitrogen and oxygen atoms in total. The Balaban J connectivity index is 2.08. The molecule has 1 saturated heterocycles. The van der Waals surface area contributed by atoms with Gasteiger partial charge in [-0.25, -0.2) is 0 Å². The Labute approximate surface area is 134 Å². The summed E-state index contributed by atoms with van der Waals surface area (Å²) in [6, 6.07) is 12.7. The molecular weight excluding hydrogens is 362 g/mol. The number of hydrogen-bond acceptors (Lipinski definition) is 2. The van der Waals surface area contributed by atoms with Gasteiger partial charge in [0.2, 0.25) is 0 Å². The maximum atomic E-state index is 6.15. The Bertz CT molecular complexity index is 641. The summed E-state index contributed by atoms with van der Waals surface area (Å²) in [6.45, 7) is 6.38. The van der Waals surface area contributed by atoms with E-state index in [-0.39, 0.29) is 18.8 Å². The molecule has 0 unspecified atom stereocenters. The lowest BCUT2D eigenvalue weighted by Crippen LogP contribution is -2.51. The normalized spacial score (nSPS) is 22.2. The second-order valence-corrected chi connectivity index (χ2v) is 7.20. The molecule has 1 heterocycles. The molecule has 1 atom stereocenters. The van der Waals surface area contributed by atoms with Crippen LogP contribution < -0.4 is 5.46 Å². The molecule has 1 aliphatic rings. The van der Waals surface area contributed by atoms with Crippen LogP contribution in [-0.2, 0) is 9.31 Å². The highest BCUT2D eigenvalue weighted by molar-refractivity contribution is 14.1. The first-order chi connectivity index (χ1) is 9.46.